The highest BCUT2D eigenvalue weighted by atomic mass is 32.1. The quantitative estimate of drug-likeness (QED) is 0.673. The molecule has 1 N–H and O–H groups in total. The van der Waals surface area contributed by atoms with Gasteiger partial charge in [-0.05, 0) is 25.5 Å². The molecule has 0 spiro atoms. The lowest BCUT2D eigenvalue weighted by atomic mass is 10.0. The summed E-state index contributed by atoms with van der Waals surface area (Å²) in [6.07, 6.45) is 3.13. The van der Waals surface area contributed by atoms with Crippen LogP contribution in [0.1, 0.15) is 31.0 Å². The van der Waals surface area contributed by atoms with Gasteiger partial charge >= 0.3 is 0 Å². The highest BCUT2D eigenvalue weighted by Gasteiger charge is 2.31. The molecule has 0 aliphatic carbocycles. The van der Waals surface area contributed by atoms with Crippen molar-refractivity contribution in [2.24, 2.45) is 0 Å². The molecule has 158 valence electrons. The predicted molar refractivity (Wildman–Crippen MR) is 115 cm³/mol. The van der Waals surface area contributed by atoms with Crippen LogP contribution in [0.5, 0.6) is 0 Å². The normalized spacial score (nSPS) is 19.6. The smallest absolute Gasteiger partial charge is 0.228 e. The van der Waals surface area contributed by atoms with Crippen molar-refractivity contribution in [2.75, 3.05) is 13.1 Å². The second kappa shape index (κ2) is 8.69. The van der Waals surface area contributed by atoms with Gasteiger partial charge in [-0.1, -0.05) is 25.2 Å². The van der Waals surface area contributed by atoms with Crippen molar-refractivity contribution < 1.29 is 9.18 Å². The number of piperidine rings is 1. The number of amides is 1. The van der Waals surface area contributed by atoms with Gasteiger partial charge in [0, 0.05) is 35.8 Å². The maximum atomic E-state index is 14.5. The number of hydrogen-bond acceptors (Lipinski definition) is 7. The van der Waals surface area contributed by atoms with E-state index >= 15 is 0 Å². The van der Waals surface area contributed by atoms with E-state index in [4.69, 9.17) is 0 Å². The fourth-order valence-electron chi connectivity index (χ4n) is 3.72. The molecule has 4 heterocycles. The van der Waals surface area contributed by atoms with Crippen LogP contribution in [0.2, 0.25) is 0 Å². The summed E-state index contributed by atoms with van der Waals surface area (Å²) in [5, 5.41) is 14.1. The number of nitrogens with one attached hydrogen (secondary N) is 1. The van der Waals surface area contributed by atoms with Crippen LogP contribution in [0.25, 0.3) is 21.5 Å². The molecule has 0 unspecified atom stereocenters. The number of carbonyl (C=O) groups excluding carboxylic acids is 1. The number of likely N-dealkylation sites (tertiary alicyclic amines) is 1. The van der Waals surface area contributed by atoms with E-state index in [0.29, 0.717) is 18.7 Å². The average Bonchev–Trinajstić information content (AvgIpc) is 3.15. The van der Waals surface area contributed by atoms with Gasteiger partial charge in [0.15, 0.2) is 0 Å². The Hall–Kier alpha value is -2.52. The van der Waals surface area contributed by atoms with Gasteiger partial charge in [-0.3, -0.25) is 14.8 Å². The van der Waals surface area contributed by atoms with E-state index in [-0.39, 0.29) is 31.0 Å². The Kier molecular flexibility index (Phi) is 6.01. The Morgan fingerprint density at radius 2 is 2.13 bits per heavy atom. The molecule has 0 saturated carbocycles. The van der Waals surface area contributed by atoms with Crippen LogP contribution in [-0.4, -0.2) is 62.3 Å². The van der Waals surface area contributed by atoms with Crippen LogP contribution >= 0.6 is 11.3 Å². The summed E-state index contributed by atoms with van der Waals surface area (Å²) in [6, 6.07) is 3.89. The molecule has 4 rings (SSSR count). The SMILES string of the molecule is Cc1nnc(-c2cnc3cnc(CC(=O)N4CC[C@H](NC(C)C)[C@@H](F)C4)cc3c2)s1. The number of pyridine rings is 2. The van der Waals surface area contributed by atoms with Crippen LogP contribution in [-0.2, 0) is 11.2 Å². The molecule has 1 amide bonds. The first-order valence-corrected chi connectivity index (χ1v) is 10.9. The number of aromatic nitrogens is 4. The molecule has 1 aliphatic heterocycles. The molecule has 30 heavy (non-hydrogen) atoms. The van der Waals surface area contributed by atoms with Crippen LogP contribution < -0.4 is 5.32 Å². The summed E-state index contributed by atoms with van der Waals surface area (Å²) < 4.78 is 14.5. The number of carbonyl (C=O) groups is 1. The number of fused-ring (bicyclic) bond motifs is 1. The Morgan fingerprint density at radius 3 is 2.83 bits per heavy atom. The summed E-state index contributed by atoms with van der Waals surface area (Å²) >= 11 is 1.51. The van der Waals surface area contributed by atoms with Gasteiger partial charge < -0.3 is 10.2 Å². The summed E-state index contributed by atoms with van der Waals surface area (Å²) in [7, 11) is 0. The van der Waals surface area contributed by atoms with E-state index in [1.165, 1.54) is 11.3 Å². The van der Waals surface area contributed by atoms with Crippen molar-refractivity contribution in [3.8, 4) is 10.6 Å². The summed E-state index contributed by atoms with van der Waals surface area (Å²) in [4.78, 5) is 23.2. The maximum Gasteiger partial charge on any atom is 0.228 e. The lowest BCUT2D eigenvalue weighted by Gasteiger charge is -2.36. The molecular weight excluding hydrogens is 403 g/mol. The van der Waals surface area contributed by atoms with E-state index < -0.39 is 6.17 Å². The van der Waals surface area contributed by atoms with Crippen LogP contribution in [0, 0.1) is 6.92 Å². The Morgan fingerprint density at radius 1 is 1.30 bits per heavy atom. The third-order valence-corrected chi connectivity index (χ3v) is 6.06. The van der Waals surface area contributed by atoms with E-state index in [2.05, 4.69) is 25.5 Å². The lowest BCUT2D eigenvalue weighted by molar-refractivity contribution is -0.133. The van der Waals surface area contributed by atoms with Gasteiger partial charge in [0.25, 0.3) is 0 Å². The molecule has 1 saturated heterocycles. The van der Waals surface area contributed by atoms with E-state index in [9.17, 15) is 9.18 Å². The van der Waals surface area contributed by atoms with Crippen LogP contribution in [0.4, 0.5) is 4.39 Å². The molecule has 0 bridgehead atoms. The number of hydrogen-bond donors (Lipinski definition) is 1. The number of aryl methyl sites for hydroxylation is 1. The second-order valence-corrected chi connectivity index (χ2v) is 9.15. The topological polar surface area (TPSA) is 83.9 Å². The van der Waals surface area contributed by atoms with Crippen LogP contribution in [0.15, 0.2) is 24.5 Å². The molecule has 2 atom stereocenters. The summed E-state index contributed by atoms with van der Waals surface area (Å²) in [6.45, 7) is 6.59. The van der Waals surface area contributed by atoms with Crippen molar-refractivity contribution >= 4 is 28.1 Å². The maximum absolute atomic E-state index is 14.5. The number of rotatable bonds is 5. The molecule has 3 aromatic heterocycles. The van der Waals surface area contributed by atoms with Crippen LogP contribution in [0.3, 0.4) is 0 Å². The van der Waals surface area contributed by atoms with Gasteiger partial charge in [-0.2, -0.15) is 0 Å². The molecule has 1 aliphatic rings. The molecule has 0 radical (unpaired) electrons. The van der Waals surface area contributed by atoms with Crippen molar-refractivity contribution in [3.05, 3.63) is 35.2 Å². The zero-order valence-corrected chi connectivity index (χ0v) is 18.1. The minimum absolute atomic E-state index is 0.101. The summed E-state index contributed by atoms with van der Waals surface area (Å²) in [5.74, 6) is -0.101. The first-order chi connectivity index (χ1) is 14.4. The molecular formula is C21H25FN6OS. The number of nitrogens with zero attached hydrogens (tertiary/aromatic N) is 5. The first-order valence-electron chi connectivity index (χ1n) is 10.1. The third kappa shape index (κ3) is 4.62. The third-order valence-electron chi connectivity index (χ3n) is 5.17. The minimum Gasteiger partial charge on any atom is -0.339 e. The lowest BCUT2D eigenvalue weighted by Crippen LogP contribution is -2.54. The van der Waals surface area contributed by atoms with Gasteiger partial charge in [-0.15, -0.1) is 10.2 Å². The summed E-state index contributed by atoms with van der Waals surface area (Å²) in [5.41, 5.74) is 2.29. The zero-order chi connectivity index (χ0) is 21.3. The van der Waals surface area contributed by atoms with Crippen molar-refractivity contribution in [1.29, 1.82) is 0 Å². The van der Waals surface area contributed by atoms with E-state index in [0.717, 1.165) is 26.5 Å². The van der Waals surface area contributed by atoms with Crippen molar-refractivity contribution in [2.45, 2.75) is 51.9 Å². The highest BCUT2D eigenvalue weighted by molar-refractivity contribution is 7.14. The predicted octanol–water partition coefficient (Wildman–Crippen LogP) is 2.94. The van der Waals surface area contributed by atoms with Gasteiger partial charge in [0.2, 0.25) is 5.91 Å². The van der Waals surface area contributed by atoms with Gasteiger partial charge in [0.1, 0.15) is 16.2 Å². The second-order valence-electron chi connectivity index (χ2n) is 7.97. The standard InChI is InChI=1S/C21H25FN6OS/c1-12(2)25-18-4-5-28(11-17(18)22)20(29)8-16-7-14-6-15(9-24-19(14)10-23-16)21-27-26-13(3)30-21/h6-7,9-10,12,17-18,25H,4-5,8,11H2,1-3H3/t17-,18-/m0/s1. The van der Waals surface area contributed by atoms with Crippen molar-refractivity contribution in [3.63, 3.8) is 0 Å². The number of halogens is 1. The highest BCUT2D eigenvalue weighted by Crippen LogP contribution is 2.25. The minimum atomic E-state index is -1.06. The first kappa shape index (κ1) is 20.7. The Bertz CT molecular complexity index is 1050. The molecule has 9 heteroatoms. The number of alkyl halides is 1. The largest absolute Gasteiger partial charge is 0.339 e. The fraction of sp³-hybridized carbons (Fsp3) is 0.476. The fourth-order valence-corrected chi connectivity index (χ4v) is 4.39. The Labute approximate surface area is 178 Å². The average molecular weight is 429 g/mol. The monoisotopic (exact) mass is 428 g/mol. The van der Waals surface area contributed by atoms with Crippen molar-refractivity contribution in [1.82, 2.24) is 30.4 Å². The van der Waals surface area contributed by atoms with Gasteiger partial charge in [0.05, 0.1) is 30.4 Å². The molecule has 0 aromatic carbocycles. The molecule has 7 nitrogen and oxygen atoms in total. The van der Waals surface area contributed by atoms with E-state index in [1.807, 2.05) is 32.9 Å². The van der Waals surface area contributed by atoms with Gasteiger partial charge in [-0.25, -0.2) is 4.39 Å². The Balaban J connectivity index is 1.46. The molecule has 3 aromatic rings. The molecule has 1 fully saturated rings. The van der Waals surface area contributed by atoms with E-state index in [1.54, 1.807) is 17.3 Å². The zero-order valence-electron chi connectivity index (χ0n) is 17.3.